The molecule has 6 heteroatoms. The molecule has 0 spiro atoms. The molecule has 0 atom stereocenters. The molecule has 0 bridgehead atoms. The van der Waals surface area contributed by atoms with Crippen molar-refractivity contribution in [2.45, 2.75) is 25.8 Å². The maximum atomic E-state index is 12.1. The number of hydrogen-bond acceptors (Lipinski definition) is 4. The smallest absolute Gasteiger partial charge is 0.244 e. The van der Waals surface area contributed by atoms with Gasteiger partial charge in [0.2, 0.25) is 11.8 Å². The van der Waals surface area contributed by atoms with Gasteiger partial charge in [0.05, 0.1) is 6.54 Å². The molecule has 28 heavy (non-hydrogen) atoms. The summed E-state index contributed by atoms with van der Waals surface area (Å²) < 4.78 is 0. The highest BCUT2D eigenvalue weighted by molar-refractivity contribution is 5.94. The summed E-state index contributed by atoms with van der Waals surface area (Å²) in [4.78, 5) is 30.7. The lowest BCUT2D eigenvalue weighted by Gasteiger charge is -2.29. The van der Waals surface area contributed by atoms with Gasteiger partial charge in [0, 0.05) is 37.5 Å². The molecular weight excluding hydrogens is 352 g/mol. The Labute approximate surface area is 165 Å². The third kappa shape index (κ3) is 5.94. The van der Waals surface area contributed by atoms with Crippen molar-refractivity contribution in [1.29, 1.82) is 0 Å². The van der Waals surface area contributed by atoms with Crippen LogP contribution in [-0.4, -0.2) is 36.4 Å². The van der Waals surface area contributed by atoms with Crippen molar-refractivity contribution in [3.05, 3.63) is 65.9 Å². The second-order valence-corrected chi connectivity index (χ2v) is 6.77. The van der Waals surface area contributed by atoms with E-state index in [4.69, 9.17) is 0 Å². The number of nitrogens with zero attached hydrogens (tertiary/aromatic N) is 2. The second-order valence-electron chi connectivity index (χ2n) is 6.77. The molecule has 2 aromatic rings. The maximum Gasteiger partial charge on any atom is 0.244 e. The Morgan fingerprint density at radius 3 is 2.57 bits per heavy atom. The highest BCUT2D eigenvalue weighted by atomic mass is 16.2. The molecule has 0 radical (unpaired) electrons. The minimum Gasteiger partial charge on any atom is -0.356 e. The van der Waals surface area contributed by atoms with Gasteiger partial charge in [-0.15, -0.1) is 0 Å². The van der Waals surface area contributed by atoms with Crippen LogP contribution in [0.2, 0.25) is 0 Å². The topological polar surface area (TPSA) is 74.3 Å². The Morgan fingerprint density at radius 1 is 1.00 bits per heavy atom. The van der Waals surface area contributed by atoms with Crippen LogP contribution in [0.4, 0.5) is 5.82 Å². The van der Waals surface area contributed by atoms with Gasteiger partial charge in [0.1, 0.15) is 5.82 Å². The summed E-state index contributed by atoms with van der Waals surface area (Å²) >= 11 is 0. The van der Waals surface area contributed by atoms with Crippen LogP contribution in [-0.2, 0) is 16.1 Å². The molecule has 2 heterocycles. The molecule has 0 saturated carbocycles. The lowest BCUT2D eigenvalue weighted by atomic mass is 10.1. The molecule has 0 aliphatic carbocycles. The molecule has 1 fully saturated rings. The normalized spacial score (nSPS) is 14.1. The lowest BCUT2D eigenvalue weighted by molar-refractivity contribution is -0.124. The summed E-state index contributed by atoms with van der Waals surface area (Å²) in [7, 11) is 0. The number of nitrogens with one attached hydrogen (secondary N) is 2. The van der Waals surface area contributed by atoms with Gasteiger partial charge in [-0.3, -0.25) is 9.59 Å². The van der Waals surface area contributed by atoms with Crippen molar-refractivity contribution in [3.63, 3.8) is 0 Å². The zero-order valence-corrected chi connectivity index (χ0v) is 15.9. The van der Waals surface area contributed by atoms with Crippen molar-refractivity contribution in [2.75, 3.05) is 24.5 Å². The number of amides is 2. The number of anilines is 1. The number of carbonyl (C=O) groups is 2. The molecule has 1 saturated heterocycles. The Balaban J connectivity index is 1.46. The van der Waals surface area contributed by atoms with E-state index in [-0.39, 0.29) is 18.4 Å². The van der Waals surface area contributed by atoms with Gasteiger partial charge in [-0.2, -0.15) is 0 Å². The van der Waals surface area contributed by atoms with Crippen molar-refractivity contribution in [3.8, 4) is 0 Å². The van der Waals surface area contributed by atoms with E-state index in [1.54, 1.807) is 12.3 Å². The van der Waals surface area contributed by atoms with Gasteiger partial charge in [-0.05, 0) is 37.0 Å². The molecule has 1 aliphatic rings. The SMILES string of the molecule is O=C(/C=C/c1ccccc1)NCC(=O)NCc1cccnc1N1CCCCC1. The van der Waals surface area contributed by atoms with Crippen LogP contribution in [0.3, 0.4) is 0 Å². The first kappa shape index (κ1) is 19.6. The third-order valence-electron chi connectivity index (χ3n) is 4.65. The summed E-state index contributed by atoms with van der Waals surface area (Å²) in [5, 5.41) is 5.47. The Hall–Kier alpha value is -3.15. The predicted molar refractivity (Wildman–Crippen MR) is 111 cm³/mol. The number of rotatable bonds is 7. The van der Waals surface area contributed by atoms with E-state index < -0.39 is 0 Å². The molecule has 6 nitrogen and oxygen atoms in total. The van der Waals surface area contributed by atoms with Crippen LogP contribution in [0.15, 0.2) is 54.7 Å². The molecular formula is C22H26N4O2. The lowest BCUT2D eigenvalue weighted by Crippen LogP contribution is -2.36. The molecule has 2 amide bonds. The summed E-state index contributed by atoms with van der Waals surface area (Å²) in [5.74, 6) is 0.418. The minimum absolute atomic E-state index is 0.0583. The molecule has 1 aliphatic heterocycles. The number of benzene rings is 1. The fraction of sp³-hybridized carbons (Fsp3) is 0.318. The molecule has 3 rings (SSSR count). The fourth-order valence-electron chi connectivity index (χ4n) is 3.18. The molecule has 1 aromatic heterocycles. The second kappa shape index (κ2) is 10.3. The first-order valence-corrected chi connectivity index (χ1v) is 9.69. The average Bonchev–Trinajstić information content (AvgIpc) is 2.76. The van der Waals surface area contributed by atoms with Gasteiger partial charge < -0.3 is 15.5 Å². The van der Waals surface area contributed by atoms with Crippen LogP contribution in [0, 0.1) is 0 Å². The maximum absolute atomic E-state index is 12.1. The minimum atomic E-state index is -0.297. The third-order valence-corrected chi connectivity index (χ3v) is 4.65. The van der Waals surface area contributed by atoms with Crippen LogP contribution < -0.4 is 15.5 Å². The zero-order chi connectivity index (χ0) is 19.6. The van der Waals surface area contributed by atoms with Gasteiger partial charge in [-0.25, -0.2) is 4.98 Å². The van der Waals surface area contributed by atoms with Crippen molar-refractivity contribution >= 4 is 23.7 Å². The quantitative estimate of drug-likeness (QED) is 0.726. The van der Waals surface area contributed by atoms with Crippen molar-refractivity contribution in [2.24, 2.45) is 0 Å². The first-order valence-electron chi connectivity index (χ1n) is 9.69. The van der Waals surface area contributed by atoms with Crippen molar-refractivity contribution < 1.29 is 9.59 Å². The van der Waals surface area contributed by atoms with Crippen LogP contribution in [0.25, 0.3) is 6.08 Å². The van der Waals surface area contributed by atoms with Crippen LogP contribution in [0.5, 0.6) is 0 Å². The molecule has 1 aromatic carbocycles. The zero-order valence-electron chi connectivity index (χ0n) is 15.9. The molecule has 0 unspecified atom stereocenters. The summed E-state index contributed by atoms with van der Waals surface area (Å²) in [6.45, 7) is 2.34. The number of piperidine rings is 1. The van der Waals surface area contributed by atoms with Crippen LogP contribution >= 0.6 is 0 Å². The van der Waals surface area contributed by atoms with E-state index in [0.29, 0.717) is 6.54 Å². The number of carbonyl (C=O) groups excluding carboxylic acids is 2. The summed E-state index contributed by atoms with van der Waals surface area (Å²) in [6, 6.07) is 13.4. The number of hydrogen-bond donors (Lipinski definition) is 2. The van der Waals surface area contributed by atoms with Gasteiger partial charge >= 0.3 is 0 Å². The van der Waals surface area contributed by atoms with Gasteiger partial charge in [0.15, 0.2) is 0 Å². The van der Waals surface area contributed by atoms with Gasteiger partial charge in [0.25, 0.3) is 0 Å². The predicted octanol–water partition coefficient (Wildman–Crippen LogP) is 2.52. The van der Waals surface area contributed by atoms with Crippen LogP contribution in [0.1, 0.15) is 30.4 Å². The van der Waals surface area contributed by atoms with E-state index in [1.165, 1.54) is 25.3 Å². The standard InChI is InChI=1S/C22H26N4O2/c27-20(12-11-18-8-3-1-4-9-18)25-17-21(28)24-16-19-10-7-13-23-22(19)26-14-5-2-6-15-26/h1,3-4,7-13H,2,5-6,14-17H2,(H,24,28)(H,25,27)/b12-11+. The Morgan fingerprint density at radius 2 is 1.79 bits per heavy atom. The largest absolute Gasteiger partial charge is 0.356 e. The highest BCUT2D eigenvalue weighted by Gasteiger charge is 2.15. The summed E-state index contributed by atoms with van der Waals surface area (Å²) in [6.07, 6.45) is 8.53. The summed E-state index contributed by atoms with van der Waals surface area (Å²) in [5.41, 5.74) is 1.93. The van der Waals surface area contributed by atoms with Crippen molar-refractivity contribution in [1.82, 2.24) is 15.6 Å². The number of pyridine rings is 1. The van der Waals surface area contributed by atoms with E-state index in [2.05, 4.69) is 20.5 Å². The van der Waals surface area contributed by atoms with E-state index in [9.17, 15) is 9.59 Å². The van der Waals surface area contributed by atoms with E-state index >= 15 is 0 Å². The monoisotopic (exact) mass is 378 g/mol. The Bertz CT molecular complexity index is 814. The van der Waals surface area contributed by atoms with E-state index in [0.717, 1.165) is 30.0 Å². The fourth-order valence-corrected chi connectivity index (χ4v) is 3.18. The number of aromatic nitrogens is 1. The highest BCUT2D eigenvalue weighted by Crippen LogP contribution is 2.21. The Kier molecular flexibility index (Phi) is 7.18. The molecule has 2 N–H and O–H groups in total. The van der Waals surface area contributed by atoms with E-state index in [1.807, 2.05) is 42.5 Å². The first-order chi connectivity index (χ1) is 13.7. The molecule has 146 valence electrons. The van der Waals surface area contributed by atoms with Gasteiger partial charge in [-0.1, -0.05) is 36.4 Å². The average molecular weight is 378 g/mol.